The number of benzene rings is 1. The van der Waals surface area contributed by atoms with Gasteiger partial charge < -0.3 is 9.84 Å². The van der Waals surface area contributed by atoms with Crippen LogP contribution in [0.1, 0.15) is 19.3 Å². The van der Waals surface area contributed by atoms with Gasteiger partial charge in [0.25, 0.3) is 0 Å². The van der Waals surface area contributed by atoms with Crippen molar-refractivity contribution < 1.29 is 9.84 Å². The Morgan fingerprint density at radius 2 is 2.17 bits per heavy atom. The summed E-state index contributed by atoms with van der Waals surface area (Å²) in [5.74, 6) is 1.05. The molecule has 1 aromatic carbocycles. The summed E-state index contributed by atoms with van der Waals surface area (Å²) >= 11 is 0. The minimum Gasteiger partial charge on any atom is -0.508 e. The summed E-state index contributed by atoms with van der Waals surface area (Å²) < 4.78 is 5.57. The zero-order valence-electron chi connectivity index (χ0n) is 6.86. The molecule has 2 heteroatoms. The molecular weight excluding hydrogens is 152 g/mol. The molecule has 1 fully saturated rings. The summed E-state index contributed by atoms with van der Waals surface area (Å²) in [7, 11) is 0. The third-order valence-corrected chi connectivity index (χ3v) is 2.17. The van der Waals surface area contributed by atoms with Gasteiger partial charge in [0.1, 0.15) is 11.5 Å². The molecule has 0 spiro atoms. The van der Waals surface area contributed by atoms with E-state index in [2.05, 4.69) is 0 Å². The summed E-state index contributed by atoms with van der Waals surface area (Å²) in [5, 5.41) is 9.14. The molecule has 1 aliphatic rings. The van der Waals surface area contributed by atoms with Crippen LogP contribution in [0.15, 0.2) is 24.3 Å². The van der Waals surface area contributed by atoms with Crippen molar-refractivity contribution in [2.24, 2.45) is 0 Å². The average Bonchev–Trinajstić information content (AvgIpc) is 1.97. The molecule has 12 heavy (non-hydrogen) atoms. The van der Waals surface area contributed by atoms with Crippen LogP contribution in [0.2, 0.25) is 0 Å². The van der Waals surface area contributed by atoms with Crippen LogP contribution >= 0.6 is 0 Å². The van der Waals surface area contributed by atoms with E-state index in [9.17, 15) is 0 Å². The molecule has 0 heterocycles. The van der Waals surface area contributed by atoms with Gasteiger partial charge in [0, 0.05) is 6.07 Å². The molecule has 0 amide bonds. The molecule has 1 aromatic rings. The molecule has 0 atom stereocenters. The smallest absolute Gasteiger partial charge is 0.123 e. The Morgan fingerprint density at radius 1 is 1.33 bits per heavy atom. The van der Waals surface area contributed by atoms with Crippen LogP contribution in [-0.4, -0.2) is 11.2 Å². The van der Waals surface area contributed by atoms with Crippen LogP contribution in [0.4, 0.5) is 0 Å². The summed E-state index contributed by atoms with van der Waals surface area (Å²) in [6, 6.07) is 6.97. The van der Waals surface area contributed by atoms with Crippen molar-refractivity contribution in [1.29, 1.82) is 0 Å². The Kier molecular flexibility index (Phi) is 1.90. The third kappa shape index (κ3) is 1.52. The Morgan fingerprint density at radius 3 is 2.75 bits per heavy atom. The van der Waals surface area contributed by atoms with E-state index >= 15 is 0 Å². The number of hydrogen-bond acceptors (Lipinski definition) is 2. The molecule has 0 saturated heterocycles. The maximum atomic E-state index is 9.14. The van der Waals surface area contributed by atoms with Crippen LogP contribution in [-0.2, 0) is 0 Å². The molecule has 1 N–H and O–H groups in total. The van der Waals surface area contributed by atoms with Crippen molar-refractivity contribution >= 4 is 0 Å². The second kappa shape index (κ2) is 3.05. The van der Waals surface area contributed by atoms with Gasteiger partial charge in [-0.15, -0.1) is 0 Å². The maximum absolute atomic E-state index is 9.14. The monoisotopic (exact) mass is 164 g/mol. The molecule has 0 radical (unpaired) electrons. The SMILES string of the molecule is Oc1cccc(OC2CCC2)c1. The normalized spacial score (nSPS) is 17.0. The predicted molar refractivity (Wildman–Crippen MR) is 46.4 cm³/mol. The zero-order valence-corrected chi connectivity index (χ0v) is 6.86. The number of phenolic OH excluding ortho intramolecular Hbond substituents is 1. The first-order chi connectivity index (χ1) is 5.84. The highest BCUT2D eigenvalue weighted by atomic mass is 16.5. The lowest BCUT2D eigenvalue weighted by Crippen LogP contribution is -2.24. The molecular formula is C10H12O2. The number of hydrogen-bond donors (Lipinski definition) is 1. The minimum absolute atomic E-state index is 0.270. The van der Waals surface area contributed by atoms with Gasteiger partial charge in [0.15, 0.2) is 0 Å². The zero-order chi connectivity index (χ0) is 8.39. The van der Waals surface area contributed by atoms with E-state index in [-0.39, 0.29) is 5.75 Å². The lowest BCUT2D eigenvalue weighted by molar-refractivity contribution is 0.120. The van der Waals surface area contributed by atoms with Crippen molar-refractivity contribution in [3.05, 3.63) is 24.3 Å². The molecule has 1 saturated carbocycles. The molecule has 0 aliphatic heterocycles. The van der Waals surface area contributed by atoms with E-state index in [0.717, 1.165) is 18.6 Å². The Balaban J connectivity index is 2.02. The summed E-state index contributed by atoms with van der Waals surface area (Å²) in [4.78, 5) is 0. The van der Waals surface area contributed by atoms with Gasteiger partial charge in [-0.05, 0) is 31.4 Å². The fourth-order valence-electron chi connectivity index (χ4n) is 1.24. The highest BCUT2D eigenvalue weighted by Gasteiger charge is 2.18. The lowest BCUT2D eigenvalue weighted by Gasteiger charge is -2.26. The number of aromatic hydroxyl groups is 1. The summed E-state index contributed by atoms with van der Waals surface area (Å²) in [5.41, 5.74) is 0. The van der Waals surface area contributed by atoms with Gasteiger partial charge in [-0.2, -0.15) is 0 Å². The van der Waals surface area contributed by atoms with E-state index < -0.39 is 0 Å². The Hall–Kier alpha value is -1.18. The van der Waals surface area contributed by atoms with Crippen molar-refractivity contribution in [2.75, 3.05) is 0 Å². The van der Waals surface area contributed by atoms with Gasteiger partial charge in [-0.3, -0.25) is 0 Å². The second-order valence-corrected chi connectivity index (χ2v) is 3.17. The summed E-state index contributed by atoms with van der Waals surface area (Å²) in [6.45, 7) is 0. The largest absolute Gasteiger partial charge is 0.508 e. The first kappa shape index (κ1) is 7.47. The molecule has 0 unspecified atom stereocenters. The fourth-order valence-corrected chi connectivity index (χ4v) is 1.24. The highest BCUT2D eigenvalue weighted by Crippen LogP contribution is 2.26. The highest BCUT2D eigenvalue weighted by molar-refractivity contribution is 5.31. The number of ether oxygens (including phenoxy) is 1. The minimum atomic E-state index is 0.270. The predicted octanol–water partition coefficient (Wildman–Crippen LogP) is 2.32. The van der Waals surface area contributed by atoms with Gasteiger partial charge in [0.2, 0.25) is 0 Å². The van der Waals surface area contributed by atoms with Crippen LogP contribution in [0, 0.1) is 0 Å². The standard InChI is InChI=1S/C10H12O2/c11-8-3-1-6-10(7-8)12-9-4-2-5-9/h1,3,6-7,9,11H,2,4-5H2. The summed E-state index contributed by atoms with van der Waals surface area (Å²) in [6.07, 6.45) is 3.95. The Labute approximate surface area is 71.8 Å². The van der Waals surface area contributed by atoms with E-state index in [4.69, 9.17) is 9.84 Å². The average molecular weight is 164 g/mol. The number of rotatable bonds is 2. The van der Waals surface area contributed by atoms with Crippen LogP contribution < -0.4 is 4.74 Å². The molecule has 1 aliphatic carbocycles. The first-order valence-corrected chi connectivity index (χ1v) is 4.30. The lowest BCUT2D eigenvalue weighted by atomic mass is 9.96. The van der Waals surface area contributed by atoms with E-state index in [1.54, 1.807) is 18.2 Å². The van der Waals surface area contributed by atoms with Crippen LogP contribution in [0.3, 0.4) is 0 Å². The van der Waals surface area contributed by atoms with Gasteiger partial charge in [0.05, 0.1) is 6.10 Å². The van der Waals surface area contributed by atoms with Crippen LogP contribution in [0.5, 0.6) is 11.5 Å². The van der Waals surface area contributed by atoms with Crippen molar-refractivity contribution in [3.8, 4) is 11.5 Å². The van der Waals surface area contributed by atoms with Gasteiger partial charge in [-0.25, -0.2) is 0 Å². The molecule has 0 bridgehead atoms. The third-order valence-electron chi connectivity index (χ3n) is 2.17. The van der Waals surface area contributed by atoms with Gasteiger partial charge >= 0.3 is 0 Å². The second-order valence-electron chi connectivity index (χ2n) is 3.17. The van der Waals surface area contributed by atoms with E-state index in [1.165, 1.54) is 6.42 Å². The van der Waals surface area contributed by atoms with Crippen molar-refractivity contribution in [3.63, 3.8) is 0 Å². The fraction of sp³-hybridized carbons (Fsp3) is 0.400. The first-order valence-electron chi connectivity index (χ1n) is 4.30. The topological polar surface area (TPSA) is 29.5 Å². The molecule has 0 aromatic heterocycles. The maximum Gasteiger partial charge on any atom is 0.123 e. The molecule has 2 nitrogen and oxygen atoms in total. The van der Waals surface area contributed by atoms with Crippen molar-refractivity contribution in [1.82, 2.24) is 0 Å². The van der Waals surface area contributed by atoms with Gasteiger partial charge in [-0.1, -0.05) is 6.07 Å². The van der Waals surface area contributed by atoms with Crippen LogP contribution in [0.25, 0.3) is 0 Å². The quantitative estimate of drug-likeness (QED) is 0.726. The molecule has 64 valence electrons. The molecule has 2 rings (SSSR count). The van der Waals surface area contributed by atoms with E-state index in [1.807, 2.05) is 6.07 Å². The van der Waals surface area contributed by atoms with Crippen molar-refractivity contribution in [2.45, 2.75) is 25.4 Å². The number of phenols is 1. The Bertz CT molecular complexity index is 266. The van der Waals surface area contributed by atoms with E-state index in [0.29, 0.717) is 6.10 Å².